The van der Waals surface area contributed by atoms with Crippen LogP contribution < -0.4 is 0 Å². The Bertz CT molecular complexity index is 1270. The van der Waals surface area contributed by atoms with Gasteiger partial charge in [0.25, 0.3) is 5.91 Å². The van der Waals surface area contributed by atoms with Crippen LogP contribution in [0.4, 0.5) is 0 Å². The molecule has 0 radical (unpaired) electrons. The topological polar surface area (TPSA) is 75.5 Å². The Labute approximate surface area is 208 Å². The van der Waals surface area contributed by atoms with Gasteiger partial charge < -0.3 is 9.47 Å². The minimum atomic E-state index is -3.61. The fourth-order valence-corrected chi connectivity index (χ4v) is 7.10. The molecule has 0 bridgehead atoms. The number of sulfone groups is 1. The summed E-state index contributed by atoms with van der Waals surface area (Å²) in [4.78, 5) is 20.6. The van der Waals surface area contributed by atoms with Crippen molar-refractivity contribution in [1.29, 1.82) is 0 Å². The lowest BCUT2D eigenvalue weighted by Crippen LogP contribution is -2.67. The molecule has 7 nitrogen and oxygen atoms in total. The highest BCUT2D eigenvalue weighted by Crippen LogP contribution is 2.35. The number of aromatic nitrogens is 2. The van der Waals surface area contributed by atoms with E-state index in [-0.39, 0.29) is 18.2 Å². The summed E-state index contributed by atoms with van der Waals surface area (Å²) in [7, 11) is -3.61. The molecule has 35 heavy (non-hydrogen) atoms. The highest BCUT2D eigenvalue weighted by atomic mass is 32.2. The average molecular weight is 495 g/mol. The number of carbonyl (C=O) groups excluding carboxylic acids is 1. The minimum absolute atomic E-state index is 0.116. The molecular weight excluding hydrogens is 460 g/mol. The molecule has 3 aromatic rings. The van der Waals surface area contributed by atoms with E-state index in [1.807, 2.05) is 53.2 Å². The Morgan fingerprint density at radius 1 is 1.14 bits per heavy atom. The number of carbonyl (C=O) groups is 1. The third kappa shape index (κ3) is 5.04. The van der Waals surface area contributed by atoms with Crippen molar-refractivity contribution in [2.75, 3.05) is 31.9 Å². The predicted molar refractivity (Wildman–Crippen MR) is 140 cm³/mol. The smallest absolute Gasteiger partial charge is 0.254 e. The number of hydrogen-bond donors (Lipinski definition) is 0. The maximum atomic E-state index is 13.8. The molecule has 1 aliphatic heterocycles. The molecule has 0 N–H and O–H groups in total. The third-order valence-electron chi connectivity index (χ3n) is 6.99. The van der Waals surface area contributed by atoms with Gasteiger partial charge in [0.1, 0.15) is 4.87 Å². The number of hydrogen-bond acceptors (Lipinski definition) is 5. The SMILES string of the molecule is C=CCS(=O)(=O)[C@@]1(CCCC)CN(C(=O)c2cccc3ccccc23)CCN1CCn1ccnc1. The Morgan fingerprint density at radius 3 is 2.69 bits per heavy atom. The number of rotatable bonds is 10. The first-order valence-electron chi connectivity index (χ1n) is 12.2. The maximum Gasteiger partial charge on any atom is 0.254 e. The van der Waals surface area contributed by atoms with Gasteiger partial charge in [-0.2, -0.15) is 0 Å². The van der Waals surface area contributed by atoms with E-state index in [0.29, 0.717) is 38.2 Å². The van der Waals surface area contributed by atoms with Gasteiger partial charge in [-0.15, -0.1) is 6.58 Å². The predicted octanol–water partition coefficient (Wildman–Crippen LogP) is 3.98. The number of benzene rings is 2. The van der Waals surface area contributed by atoms with Crippen LogP contribution in [-0.4, -0.2) is 70.5 Å². The van der Waals surface area contributed by atoms with Crippen LogP contribution in [0, 0.1) is 0 Å². The highest BCUT2D eigenvalue weighted by molar-refractivity contribution is 7.92. The zero-order chi connectivity index (χ0) is 24.9. The summed E-state index contributed by atoms with van der Waals surface area (Å²) < 4.78 is 29.6. The summed E-state index contributed by atoms with van der Waals surface area (Å²) in [6.45, 7) is 8.08. The van der Waals surface area contributed by atoms with Crippen molar-refractivity contribution < 1.29 is 13.2 Å². The molecule has 2 aromatic carbocycles. The molecule has 1 amide bonds. The average Bonchev–Trinajstić information content (AvgIpc) is 3.39. The van der Waals surface area contributed by atoms with Gasteiger partial charge in [-0.3, -0.25) is 9.69 Å². The molecule has 1 aliphatic rings. The van der Waals surface area contributed by atoms with Crippen molar-refractivity contribution in [3.63, 3.8) is 0 Å². The first kappa shape index (κ1) is 25.1. The van der Waals surface area contributed by atoms with E-state index in [1.165, 1.54) is 6.08 Å². The van der Waals surface area contributed by atoms with E-state index in [0.717, 1.165) is 23.6 Å². The number of imidazole rings is 1. The lowest BCUT2D eigenvalue weighted by molar-refractivity contribution is 0.0309. The fourth-order valence-electron chi connectivity index (χ4n) is 5.10. The molecular formula is C27H34N4O3S. The Hall–Kier alpha value is -2.97. The molecule has 8 heteroatoms. The van der Waals surface area contributed by atoms with Crippen molar-refractivity contribution in [1.82, 2.24) is 19.4 Å². The standard InChI is InChI=1S/C27H34N4O3S/c1-3-5-13-27(35(33,34)20-4-2)21-30(17-19-31(27)18-16-29-15-14-28-22-29)26(32)25-12-8-10-23-9-6-7-11-24(23)25/h4,6-12,14-15,22H,2-3,5,13,16-21H2,1H3/t27-/m0/s1. The van der Waals surface area contributed by atoms with Gasteiger partial charge in [0, 0.05) is 44.1 Å². The van der Waals surface area contributed by atoms with Gasteiger partial charge in [0.05, 0.1) is 18.6 Å². The lowest BCUT2D eigenvalue weighted by atomic mass is 10.0. The molecule has 0 spiro atoms. The van der Waals surface area contributed by atoms with Crippen LogP contribution >= 0.6 is 0 Å². The van der Waals surface area contributed by atoms with Crippen LogP contribution in [0.5, 0.6) is 0 Å². The quantitative estimate of drug-likeness (QED) is 0.399. The number of amides is 1. The van der Waals surface area contributed by atoms with E-state index in [4.69, 9.17) is 0 Å². The molecule has 0 aliphatic carbocycles. The first-order valence-corrected chi connectivity index (χ1v) is 13.9. The second-order valence-electron chi connectivity index (χ2n) is 9.16. The van der Waals surface area contributed by atoms with Crippen molar-refractivity contribution in [3.8, 4) is 0 Å². The van der Waals surface area contributed by atoms with Crippen molar-refractivity contribution in [2.24, 2.45) is 0 Å². The number of nitrogens with zero attached hydrogens (tertiary/aromatic N) is 4. The molecule has 0 saturated carbocycles. The van der Waals surface area contributed by atoms with Crippen LogP contribution in [0.15, 0.2) is 73.8 Å². The van der Waals surface area contributed by atoms with Crippen LogP contribution in [-0.2, 0) is 16.4 Å². The Morgan fingerprint density at radius 2 is 1.94 bits per heavy atom. The monoisotopic (exact) mass is 494 g/mol. The summed E-state index contributed by atoms with van der Waals surface area (Å²) in [5.74, 6) is -0.236. The van der Waals surface area contributed by atoms with E-state index in [2.05, 4.69) is 23.4 Å². The summed E-state index contributed by atoms with van der Waals surface area (Å²) in [5.41, 5.74) is 0.612. The van der Waals surface area contributed by atoms with E-state index in [1.54, 1.807) is 17.4 Å². The Kier molecular flexibility index (Phi) is 7.72. The van der Waals surface area contributed by atoms with Gasteiger partial charge in [0.2, 0.25) is 0 Å². The zero-order valence-electron chi connectivity index (χ0n) is 20.3. The molecule has 0 unspecified atom stereocenters. The molecule has 1 saturated heterocycles. The summed E-state index contributed by atoms with van der Waals surface area (Å²) >= 11 is 0. The van der Waals surface area contributed by atoms with Crippen molar-refractivity contribution in [2.45, 2.75) is 37.6 Å². The second kappa shape index (κ2) is 10.7. The van der Waals surface area contributed by atoms with E-state index >= 15 is 0 Å². The van der Waals surface area contributed by atoms with Gasteiger partial charge >= 0.3 is 0 Å². The Balaban J connectivity index is 1.70. The van der Waals surface area contributed by atoms with Gasteiger partial charge in [-0.25, -0.2) is 13.4 Å². The van der Waals surface area contributed by atoms with E-state index in [9.17, 15) is 13.2 Å². The first-order chi connectivity index (χ1) is 16.9. The van der Waals surface area contributed by atoms with Gasteiger partial charge in [-0.1, -0.05) is 62.2 Å². The molecule has 186 valence electrons. The molecule has 1 fully saturated rings. The number of unbranched alkanes of at least 4 members (excludes halogenated alkanes) is 1. The lowest BCUT2D eigenvalue weighted by Gasteiger charge is -2.50. The molecule has 1 atom stereocenters. The van der Waals surface area contributed by atoms with Crippen LogP contribution in [0.25, 0.3) is 10.8 Å². The van der Waals surface area contributed by atoms with Crippen molar-refractivity contribution in [3.05, 3.63) is 79.4 Å². The zero-order valence-corrected chi connectivity index (χ0v) is 21.2. The second-order valence-corrected chi connectivity index (χ2v) is 11.5. The van der Waals surface area contributed by atoms with Crippen LogP contribution in [0.2, 0.25) is 0 Å². The number of fused-ring (bicyclic) bond motifs is 1. The van der Waals surface area contributed by atoms with Gasteiger partial charge in [-0.05, 0) is 23.3 Å². The fraction of sp³-hybridized carbons (Fsp3) is 0.407. The highest BCUT2D eigenvalue weighted by Gasteiger charge is 2.51. The van der Waals surface area contributed by atoms with Crippen LogP contribution in [0.1, 0.15) is 36.5 Å². The normalized spacial score (nSPS) is 19.2. The third-order valence-corrected chi connectivity index (χ3v) is 9.41. The largest absolute Gasteiger partial charge is 0.336 e. The minimum Gasteiger partial charge on any atom is -0.336 e. The molecule has 4 rings (SSSR count). The molecule has 1 aromatic heterocycles. The number of piperazine rings is 1. The van der Waals surface area contributed by atoms with E-state index < -0.39 is 14.7 Å². The van der Waals surface area contributed by atoms with Crippen LogP contribution in [0.3, 0.4) is 0 Å². The maximum absolute atomic E-state index is 13.8. The molecule has 2 heterocycles. The van der Waals surface area contributed by atoms with Gasteiger partial charge in [0.15, 0.2) is 9.84 Å². The summed E-state index contributed by atoms with van der Waals surface area (Å²) in [6.07, 6.45) is 8.91. The van der Waals surface area contributed by atoms with Crippen molar-refractivity contribution >= 4 is 26.5 Å². The summed E-state index contributed by atoms with van der Waals surface area (Å²) in [6, 6.07) is 13.5. The summed E-state index contributed by atoms with van der Waals surface area (Å²) in [5, 5.41) is 1.88.